The van der Waals surface area contributed by atoms with Crippen LogP contribution in [0.5, 0.6) is 0 Å². The van der Waals surface area contributed by atoms with Crippen molar-refractivity contribution in [3.63, 3.8) is 0 Å². The first-order valence-electron chi connectivity index (χ1n) is 7.78. The average molecular weight is 292 g/mol. The molecule has 21 heavy (non-hydrogen) atoms. The lowest BCUT2D eigenvalue weighted by Crippen LogP contribution is -2.41. The molecule has 1 aliphatic heterocycles. The van der Waals surface area contributed by atoms with E-state index in [0.29, 0.717) is 23.9 Å². The van der Waals surface area contributed by atoms with Gasteiger partial charge in [0.05, 0.1) is 0 Å². The van der Waals surface area contributed by atoms with Crippen LogP contribution in [0, 0.1) is 5.41 Å². The average Bonchev–Trinajstić information content (AvgIpc) is 2.45. The third kappa shape index (κ3) is 3.74. The van der Waals surface area contributed by atoms with Gasteiger partial charge in [-0.25, -0.2) is 0 Å². The lowest BCUT2D eigenvalue weighted by atomic mass is 9.87. The van der Waals surface area contributed by atoms with Gasteiger partial charge in [0.2, 0.25) is 17.8 Å². The first-order valence-corrected chi connectivity index (χ1v) is 7.78. The molecule has 0 aliphatic carbocycles. The number of aromatic nitrogens is 3. The Labute approximate surface area is 127 Å². The SMILES string of the molecule is CC(N(C)c1nc(N)nc(N2CCCCC2)n1)C(C)(C)C. The van der Waals surface area contributed by atoms with Crippen molar-refractivity contribution in [1.82, 2.24) is 15.0 Å². The van der Waals surface area contributed by atoms with Crippen LogP contribution >= 0.6 is 0 Å². The topological polar surface area (TPSA) is 71.2 Å². The molecule has 0 aromatic carbocycles. The summed E-state index contributed by atoms with van der Waals surface area (Å²) in [6.45, 7) is 10.8. The molecule has 118 valence electrons. The fourth-order valence-electron chi connectivity index (χ4n) is 2.52. The molecule has 2 N–H and O–H groups in total. The van der Waals surface area contributed by atoms with Crippen LogP contribution in [0.1, 0.15) is 47.0 Å². The van der Waals surface area contributed by atoms with Gasteiger partial charge in [0, 0.05) is 26.2 Å². The van der Waals surface area contributed by atoms with Gasteiger partial charge in [-0.15, -0.1) is 0 Å². The van der Waals surface area contributed by atoms with E-state index in [1.54, 1.807) is 0 Å². The Hall–Kier alpha value is -1.59. The third-order valence-electron chi connectivity index (χ3n) is 4.42. The van der Waals surface area contributed by atoms with Gasteiger partial charge < -0.3 is 15.5 Å². The smallest absolute Gasteiger partial charge is 0.231 e. The van der Waals surface area contributed by atoms with Crippen LogP contribution in [0.25, 0.3) is 0 Å². The van der Waals surface area contributed by atoms with Gasteiger partial charge in [0.15, 0.2) is 0 Å². The zero-order valence-corrected chi connectivity index (χ0v) is 13.9. The number of nitrogens with zero attached hydrogens (tertiary/aromatic N) is 5. The normalized spacial score (nSPS) is 17.7. The van der Waals surface area contributed by atoms with Gasteiger partial charge in [-0.2, -0.15) is 15.0 Å². The fourth-order valence-corrected chi connectivity index (χ4v) is 2.52. The highest BCUT2D eigenvalue weighted by Crippen LogP contribution is 2.26. The molecule has 1 atom stereocenters. The van der Waals surface area contributed by atoms with Crippen LogP contribution in [-0.4, -0.2) is 41.1 Å². The van der Waals surface area contributed by atoms with Gasteiger partial charge in [0.25, 0.3) is 0 Å². The Morgan fingerprint density at radius 1 is 1.10 bits per heavy atom. The van der Waals surface area contributed by atoms with Crippen molar-refractivity contribution in [3.05, 3.63) is 0 Å². The van der Waals surface area contributed by atoms with E-state index in [2.05, 4.69) is 52.4 Å². The summed E-state index contributed by atoms with van der Waals surface area (Å²) in [5.74, 6) is 1.67. The molecule has 0 spiro atoms. The number of hydrogen-bond acceptors (Lipinski definition) is 6. The van der Waals surface area contributed by atoms with E-state index in [4.69, 9.17) is 5.73 Å². The Bertz CT molecular complexity index is 476. The molecule has 2 heterocycles. The minimum absolute atomic E-state index is 0.140. The molecule has 2 rings (SSSR count). The second kappa shape index (κ2) is 6.03. The lowest BCUT2D eigenvalue weighted by Gasteiger charge is -2.35. The molecule has 0 saturated carbocycles. The van der Waals surface area contributed by atoms with E-state index in [1.165, 1.54) is 19.3 Å². The van der Waals surface area contributed by atoms with Gasteiger partial charge in [-0.1, -0.05) is 20.8 Å². The van der Waals surface area contributed by atoms with Crippen LogP contribution in [0.4, 0.5) is 17.8 Å². The predicted octanol–water partition coefficient (Wildman–Crippen LogP) is 2.31. The summed E-state index contributed by atoms with van der Waals surface area (Å²) in [6, 6.07) is 0.300. The number of nitrogens with two attached hydrogens (primary N) is 1. The molecule has 0 amide bonds. The standard InChI is InChI=1S/C15H28N6/c1-11(15(2,3)4)20(5)13-17-12(16)18-14(19-13)21-9-7-6-8-10-21/h11H,6-10H2,1-5H3,(H2,16,17,18,19). The highest BCUT2D eigenvalue weighted by molar-refractivity contribution is 5.44. The molecular weight excluding hydrogens is 264 g/mol. The number of nitrogen functional groups attached to an aromatic ring is 1. The summed E-state index contributed by atoms with van der Waals surface area (Å²) in [5.41, 5.74) is 6.04. The Kier molecular flexibility index (Phi) is 4.54. The molecule has 1 aliphatic rings. The molecular formula is C15H28N6. The highest BCUT2D eigenvalue weighted by atomic mass is 15.4. The lowest BCUT2D eigenvalue weighted by molar-refractivity contribution is 0.327. The Morgan fingerprint density at radius 2 is 1.71 bits per heavy atom. The maximum atomic E-state index is 5.90. The summed E-state index contributed by atoms with van der Waals surface area (Å²) in [4.78, 5) is 17.6. The van der Waals surface area contributed by atoms with Crippen molar-refractivity contribution < 1.29 is 0 Å². The zero-order chi connectivity index (χ0) is 15.6. The molecule has 1 aromatic rings. The van der Waals surface area contributed by atoms with Crippen LogP contribution < -0.4 is 15.5 Å². The van der Waals surface area contributed by atoms with Crippen molar-refractivity contribution >= 4 is 17.8 Å². The van der Waals surface area contributed by atoms with Gasteiger partial charge in [-0.3, -0.25) is 0 Å². The molecule has 0 radical (unpaired) electrons. The molecule has 0 bridgehead atoms. The van der Waals surface area contributed by atoms with Crippen LogP contribution in [0.3, 0.4) is 0 Å². The number of piperidine rings is 1. The predicted molar refractivity (Wildman–Crippen MR) is 87.6 cm³/mol. The minimum Gasteiger partial charge on any atom is -0.368 e. The van der Waals surface area contributed by atoms with Crippen molar-refractivity contribution in [2.24, 2.45) is 5.41 Å². The maximum absolute atomic E-state index is 5.90. The summed E-state index contributed by atoms with van der Waals surface area (Å²) < 4.78 is 0. The summed E-state index contributed by atoms with van der Waals surface area (Å²) >= 11 is 0. The second-order valence-corrected chi connectivity index (χ2v) is 6.99. The van der Waals surface area contributed by atoms with Crippen molar-refractivity contribution in [3.8, 4) is 0 Å². The first kappa shape index (κ1) is 15.8. The van der Waals surface area contributed by atoms with E-state index in [1.807, 2.05) is 7.05 Å². The van der Waals surface area contributed by atoms with Crippen LogP contribution in [0.2, 0.25) is 0 Å². The van der Waals surface area contributed by atoms with E-state index < -0.39 is 0 Å². The monoisotopic (exact) mass is 292 g/mol. The third-order valence-corrected chi connectivity index (χ3v) is 4.42. The van der Waals surface area contributed by atoms with Crippen molar-refractivity contribution in [2.75, 3.05) is 35.7 Å². The molecule has 1 aromatic heterocycles. The maximum Gasteiger partial charge on any atom is 0.231 e. The fraction of sp³-hybridized carbons (Fsp3) is 0.800. The summed E-state index contributed by atoms with van der Waals surface area (Å²) in [5, 5.41) is 0. The van der Waals surface area contributed by atoms with Gasteiger partial charge in [0.1, 0.15) is 0 Å². The van der Waals surface area contributed by atoms with Crippen molar-refractivity contribution in [1.29, 1.82) is 0 Å². The molecule has 1 fully saturated rings. The Morgan fingerprint density at radius 3 is 2.29 bits per heavy atom. The van der Waals surface area contributed by atoms with E-state index in [-0.39, 0.29) is 5.41 Å². The van der Waals surface area contributed by atoms with Gasteiger partial charge >= 0.3 is 0 Å². The molecule has 1 saturated heterocycles. The van der Waals surface area contributed by atoms with Gasteiger partial charge in [-0.05, 0) is 31.6 Å². The largest absolute Gasteiger partial charge is 0.368 e. The molecule has 6 nitrogen and oxygen atoms in total. The van der Waals surface area contributed by atoms with E-state index in [9.17, 15) is 0 Å². The first-order chi connectivity index (χ1) is 9.79. The second-order valence-electron chi connectivity index (χ2n) is 6.99. The van der Waals surface area contributed by atoms with Crippen molar-refractivity contribution in [2.45, 2.75) is 53.0 Å². The highest BCUT2D eigenvalue weighted by Gasteiger charge is 2.26. The minimum atomic E-state index is 0.140. The quantitative estimate of drug-likeness (QED) is 0.922. The van der Waals surface area contributed by atoms with E-state index in [0.717, 1.165) is 13.1 Å². The van der Waals surface area contributed by atoms with E-state index >= 15 is 0 Å². The van der Waals surface area contributed by atoms with Crippen LogP contribution in [-0.2, 0) is 0 Å². The molecule has 1 unspecified atom stereocenters. The number of anilines is 3. The zero-order valence-electron chi connectivity index (χ0n) is 13.9. The van der Waals surface area contributed by atoms with Crippen LogP contribution in [0.15, 0.2) is 0 Å². The Balaban J connectivity index is 2.25. The summed E-state index contributed by atoms with van der Waals surface area (Å²) in [7, 11) is 2.02. The number of rotatable bonds is 3. The summed E-state index contributed by atoms with van der Waals surface area (Å²) in [6.07, 6.45) is 3.66. The number of hydrogen-bond donors (Lipinski definition) is 1. The molecule has 6 heteroatoms.